The molecule has 7 nitrogen and oxygen atoms in total. The molecule has 0 bridgehead atoms. The smallest absolute Gasteiger partial charge is 0.271 e. The van der Waals surface area contributed by atoms with Gasteiger partial charge in [0.1, 0.15) is 0 Å². The van der Waals surface area contributed by atoms with Crippen LogP contribution in [0.1, 0.15) is 19.3 Å². The summed E-state index contributed by atoms with van der Waals surface area (Å²) in [6.45, 7) is 1.30. The number of carbonyl (C=O) groups excluding carboxylic acids is 1. The first kappa shape index (κ1) is 16.5. The van der Waals surface area contributed by atoms with E-state index < -0.39 is 10.8 Å². The zero-order valence-corrected chi connectivity index (χ0v) is 12.7. The summed E-state index contributed by atoms with van der Waals surface area (Å²) in [5, 5.41) is 14.2. The first-order valence-electron chi connectivity index (χ1n) is 7.04. The first-order chi connectivity index (χ1) is 10.5. The van der Waals surface area contributed by atoms with Gasteiger partial charge in [-0.15, -0.1) is 0 Å². The van der Waals surface area contributed by atoms with Gasteiger partial charge in [-0.1, -0.05) is 11.6 Å². The number of nitrogens with one attached hydrogen (secondary N) is 1. The Morgan fingerprint density at radius 1 is 1.50 bits per heavy atom. The molecule has 1 aliphatic heterocycles. The number of non-ortho nitro benzene ring substituents is 1. The molecule has 1 saturated heterocycles. The fraction of sp³-hybridized carbons (Fsp3) is 0.500. The third-order valence-electron chi connectivity index (χ3n) is 3.76. The Balaban J connectivity index is 2.15. The summed E-state index contributed by atoms with van der Waals surface area (Å²) in [4.78, 5) is 21.5. The molecule has 1 amide bonds. The van der Waals surface area contributed by atoms with Crippen molar-refractivity contribution in [2.24, 2.45) is 11.7 Å². The van der Waals surface area contributed by atoms with E-state index in [1.807, 2.05) is 0 Å². The molecule has 22 heavy (non-hydrogen) atoms. The number of primary amides is 1. The van der Waals surface area contributed by atoms with Crippen LogP contribution in [-0.2, 0) is 9.53 Å². The van der Waals surface area contributed by atoms with Crippen LogP contribution in [0.25, 0.3) is 0 Å². The Kier molecular flexibility index (Phi) is 5.57. The van der Waals surface area contributed by atoms with Crippen molar-refractivity contribution in [3.63, 3.8) is 0 Å². The van der Waals surface area contributed by atoms with Crippen LogP contribution in [0.15, 0.2) is 18.2 Å². The average molecular weight is 328 g/mol. The topological polar surface area (TPSA) is 107 Å². The summed E-state index contributed by atoms with van der Waals surface area (Å²) in [5.74, 6) is -0.158. The summed E-state index contributed by atoms with van der Waals surface area (Å²) >= 11 is 6.09. The van der Waals surface area contributed by atoms with Crippen molar-refractivity contribution in [3.05, 3.63) is 33.3 Å². The van der Waals surface area contributed by atoms with Gasteiger partial charge in [0.15, 0.2) is 0 Å². The lowest BCUT2D eigenvalue weighted by Gasteiger charge is -2.31. The Morgan fingerprint density at radius 3 is 2.73 bits per heavy atom. The van der Waals surface area contributed by atoms with Gasteiger partial charge < -0.3 is 15.8 Å². The van der Waals surface area contributed by atoms with Crippen molar-refractivity contribution in [2.45, 2.75) is 25.3 Å². The Bertz CT molecular complexity index is 561. The normalized spacial score (nSPS) is 17.0. The van der Waals surface area contributed by atoms with Crippen molar-refractivity contribution >= 4 is 28.9 Å². The SMILES string of the molecule is NC(=O)C[C@H](Nc1ccc([N+](=O)[O-])cc1Cl)C1CCOCC1. The molecule has 1 aliphatic rings. The van der Waals surface area contributed by atoms with Crippen molar-refractivity contribution in [2.75, 3.05) is 18.5 Å². The fourth-order valence-corrected chi connectivity index (χ4v) is 2.83. The van der Waals surface area contributed by atoms with Crippen molar-refractivity contribution in [3.8, 4) is 0 Å². The number of hydrogen-bond donors (Lipinski definition) is 2. The molecule has 0 radical (unpaired) electrons. The molecular formula is C14H18ClN3O4. The standard InChI is InChI=1S/C14H18ClN3O4/c15-11-7-10(18(20)21)1-2-12(11)17-13(8-14(16)19)9-3-5-22-6-4-9/h1-2,7,9,13,17H,3-6,8H2,(H2,16,19)/t13-/m0/s1. The first-order valence-corrected chi connectivity index (χ1v) is 7.41. The van der Waals surface area contributed by atoms with Crippen LogP contribution in [0.3, 0.4) is 0 Å². The van der Waals surface area contributed by atoms with Gasteiger partial charge in [0.05, 0.1) is 15.6 Å². The number of nitro benzene ring substituents is 1. The summed E-state index contributed by atoms with van der Waals surface area (Å²) in [7, 11) is 0. The highest BCUT2D eigenvalue weighted by molar-refractivity contribution is 6.33. The van der Waals surface area contributed by atoms with Crippen LogP contribution in [0.4, 0.5) is 11.4 Å². The maximum absolute atomic E-state index is 11.3. The van der Waals surface area contributed by atoms with Crippen LogP contribution in [-0.4, -0.2) is 30.1 Å². The third-order valence-corrected chi connectivity index (χ3v) is 4.07. The minimum Gasteiger partial charge on any atom is -0.381 e. The van der Waals surface area contributed by atoms with Gasteiger partial charge in [-0.2, -0.15) is 0 Å². The molecule has 8 heteroatoms. The second kappa shape index (κ2) is 7.42. The number of amides is 1. The summed E-state index contributed by atoms with van der Waals surface area (Å²) in [5.41, 5.74) is 5.81. The molecule has 0 saturated carbocycles. The van der Waals surface area contributed by atoms with Crippen LogP contribution >= 0.6 is 11.6 Å². The molecular weight excluding hydrogens is 310 g/mol. The molecule has 120 valence electrons. The quantitative estimate of drug-likeness (QED) is 0.616. The maximum Gasteiger partial charge on any atom is 0.271 e. The lowest BCUT2D eigenvalue weighted by Crippen LogP contribution is -2.37. The minimum absolute atomic E-state index is 0.0759. The van der Waals surface area contributed by atoms with Crippen LogP contribution in [0.5, 0.6) is 0 Å². The van der Waals surface area contributed by atoms with E-state index in [1.54, 1.807) is 6.07 Å². The molecule has 0 aromatic heterocycles. The van der Waals surface area contributed by atoms with Crippen LogP contribution < -0.4 is 11.1 Å². The van der Waals surface area contributed by atoms with E-state index in [4.69, 9.17) is 22.1 Å². The molecule has 0 spiro atoms. The second-order valence-electron chi connectivity index (χ2n) is 5.29. The van der Waals surface area contributed by atoms with Gasteiger partial charge in [-0.05, 0) is 24.8 Å². The molecule has 3 N–H and O–H groups in total. The number of rotatable bonds is 6. The molecule has 0 unspecified atom stereocenters. The monoisotopic (exact) mass is 327 g/mol. The zero-order valence-electron chi connectivity index (χ0n) is 12.0. The maximum atomic E-state index is 11.3. The molecule has 1 aromatic carbocycles. The number of carbonyl (C=O) groups is 1. The van der Waals surface area contributed by atoms with E-state index in [1.165, 1.54) is 12.1 Å². The number of ether oxygens (including phenoxy) is 1. The molecule has 1 heterocycles. The number of anilines is 1. The Morgan fingerprint density at radius 2 is 2.18 bits per heavy atom. The van der Waals surface area contributed by atoms with E-state index in [2.05, 4.69) is 5.32 Å². The fourth-order valence-electron chi connectivity index (χ4n) is 2.60. The number of nitrogens with zero attached hydrogens (tertiary/aromatic N) is 1. The van der Waals surface area contributed by atoms with Crippen LogP contribution in [0.2, 0.25) is 5.02 Å². The van der Waals surface area contributed by atoms with Gasteiger partial charge in [0.25, 0.3) is 5.69 Å². The van der Waals surface area contributed by atoms with E-state index in [0.29, 0.717) is 18.9 Å². The number of benzene rings is 1. The van der Waals surface area contributed by atoms with Gasteiger partial charge in [-0.3, -0.25) is 14.9 Å². The zero-order chi connectivity index (χ0) is 16.1. The predicted molar refractivity (Wildman–Crippen MR) is 82.9 cm³/mol. The van der Waals surface area contributed by atoms with Crippen molar-refractivity contribution in [1.29, 1.82) is 0 Å². The Hall–Kier alpha value is -1.86. The molecule has 1 atom stereocenters. The van der Waals surface area contributed by atoms with Gasteiger partial charge in [0.2, 0.25) is 5.91 Å². The lowest BCUT2D eigenvalue weighted by atomic mass is 9.89. The van der Waals surface area contributed by atoms with E-state index in [9.17, 15) is 14.9 Å². The van der Waals surface area contributed by atoms with Gasteiger partial charge in [0, 0.05) is 37.8 Å². The van der Waals surface area contributed by atoms with Gasteiger partial charge in [-0.25, -0.2) is 0 Å². The number of nitro groups is 1. The number of halogens is 1. The number of nitrogens with two attached hydrogens (primary N) is 1. The number of hydrogen-bond acceptors (Lipinski definition) is 5. The molecule has 1 fully saturated rings. The average Bonchev–Trinajstić information content (AvgIpc) is 2.48. The summed E-state index contributed by atoms with van der Waals surface area (Å²) < 4.78 is 5.33. The highest BCUT2D eigenvalue weighted by atomic mass is 35.5. The van der Waals surface area contributed by atoms with Gasteiger partial charge >= 0.3 is 0 Å². The summed E-state index contributed by atoms with van der Waals surface area (Å²) in [6.07, 6.45) is 1.84. The highest BCUT2D eigenvalue weighted by Gasteiger charge is 2.26. The van der Waals surface area contributed by atoms with E-state index >= 15 is 0 Å². The molecule has 2 rings (SSSR count). The molecule has 0 aliphatic carbocycles. The lowest BCUT2D eigenvalue weighted by molar-refractivity contribution is -0.384. The van der Waals surface area contributed by atoms with Crippen molar-refractivity contribution < 1.29 is 14.5 Å². The van der Waals surface area contributed by atoms with E-state index in [0.717, 1.165) is 12.8 Å². The predicted octanol–water partition coefficient (Wildman–Crippen LogP) is 2.33. The minimum atomic E-state index is -0.505. The molecule has 1 aromatic rings. The van der Waals surface area contributed by atoms with Crippen LogP contribution in [0, 0.1) is 16.0 Å². The van der Waals surface area contributed by atoms with Crippen molar-refractivity contribution in [1.82, 2.24) is 0 Å². The third kappa shape index (κ3) is 4.32. The second-order valence-corrected chi connectivity index (χ2v) is 5.70. The highest BCUT2D eigenvalue weighted by Crippen LogP contribution is 2.30. The summed E-state index contributed by atoms with van der Waals surface area (Å²) in [6, 6.07) is 4.04. The largest absolute Gasteiger partial charge is 0.381 e. The Labute approximate surface area is 132 Å². The van der Waals surface area contributed by atoms with E-state index in [-0.39, 0.29) is 29.1 Å².